The highest BCUT2D eigenvalue weighted by Gasteiger charge is 2.38. The third-order valence-corrected chi connectivity index (χ3v) is 4.40. The van der Waals surface area contributed by atoms with E-state index >= 15 is 0 Å². The summed E-state index contributed by atoms with van der Waals surface area (Å²) in [7, 11) is 1.61. The van der Waals surface area contributed by atoms with Crippen LogP contribution >= 0.6 is 0 Å². The minimum Gasteiger partial charge on any atom is -0.497 e. The number of benzene rings is 1. The van der Waals surface area contributed by atoms with Crippen LogP contribution < -0.4 is 4.74 Å². The van der Waals surface area contributed by atoms with Crippen molar-refractivity contribution in [2.75, 3.05) is 26.8 Å². The molecule has 24 heavy (non-hydrogen) atoms. The van der Waals surface area contributed by atoms with Crippen molar-refractivity contribution in [1.82, 2.24) is 15.0 Å². The molecule has 7 heteroatoms. The molecule has 1 N–H and O–H groups in total. The molecular formula is C17H21N3O4. The normalized spacial score (nSPS) is 20.4. The first-order chi connectivity index (χ1) is 11.6. The van der Waals surface area contributed by atoms with Crippen LogP contribution in [0.4, 0.5) is 0 Å². The second kappa shape index (κ2) is 7.00. The van der Waals surface area contributed by atoms with Crippen molar-refractivity contribution in [3.8, 4) is 5.75 Å². The Hall–Kier alpha value is -2.41. The van der Waals surface area contributed by atoms with Gasteiger partial charge in [-0.05, 0) is 24.6 Å². The van der Waals surface area contributed by atoms with Crippen molar-refractivity contribution in [1.29, 1.82) is 0 Å². The number of carbonyl (C=O) groups is 1. The van der Waals surface area contributed by atoms with Crippen molar-refractivity contribution in [3.63, 3.8) is 0 Å². The third-order valence-electron chi connectivity index (χ3n) is 4.40. The topological polar surface area (TPSA) is 88.7 Å². The number of ether oxygens (including phenoxy) is 1. The second-order valence-electron chi connectivity index (χ2n) is 6.05. The van der Waals surface area contributed by atoms with E-state index in [1.54, 1.807) is 18.9 Å². The fourth-order valence-electron chi connectivity index (χ4n) is 3.03. The minimum absolute atomic E-state index is 0.0155. The van der Waals surface area contributed by atoms with Gasteiger partial charge in [-0.25, -0.2) is 0 Å². The number of nitrogens with zero attached hydrogens (tertiary/aromatic N) is 3. The molecule has 0 aliphatic carbocycles. The molecule has 7 nitrogen and oxygen atoms in total. The molecule has 1 aliphatic rings. The Labute approximate surface area is 140 Å². The number of aliphatic hydroxyl groups is 1. The molecule has 1 aliphatic heterocycles. The molecule has 3 rings (SSSR count). The maximum absolute atomic E-state index is 12.6. The summed E-state index contributed by atoms with van der Waals surface area (Å²) in [5.74, 6) is 1.65. The number of aliphatic hydroxyl groups excluding tert-OH is 1. The Bertz CT molecular complexity index is 698. The standard InChI is InChI=1S/C17H21N3O4/c1-11-18-17(24-19-11)15-9-20(8-13(15)10-21)16(22)7-12-3-5-14(23-2)6-4-12/h3-6,13,15,21H,7-10H2,1-2H3/t13-,15+/m0/s1. The molecule has 2 heterocycles. The molecule has 0 spiro atoms. The van der Waals surface area contributed by atoms with Crippen LogP contribution in [0.2, 0.25) is 0 Å². The minimum atomic E-state index is -0.115. The first-order valence-electron chi connectivity index (χ1n) is 7.92. The van der Waals surface area contributed by atoms with Crippen LogP contribution in [-0.4, -0.2) is 52.9 Å². The van der Waals surface area contributed by atoms with Crippen molar-refractivity contribution in [2.24, 2.45) is 5.92 Å². The SMILES string of the molecule is COc1ccc(CC(=O)N2C[C@@H](CO)[C@H](c3nc(C)no3)C2)cc1. The van der Waals surface area contributed by atoms with Crippen LogP contribution in [0.1, 0.15) is 23.2 Å². The summed E-state index contributed by atoms with van der Waals surface area (Å²) in [6.07, 6.45) is 0.317. The van der Waals surface area contributed by atoms with Crippen LogP contribution in [0.25, 0.3) is 0 Å². The predicted octanol–water partition coefficient (Wildman–Crippen LogP) is 1.16. The Balaban J connectivity index is 1.67. The molecule has 2 aromatic rings. The third kappa shape index (κ3) is 3.41. The zero-order chi connectivity index (χ0) is 17.1. The molecule has 1 fully saturated rings. The summed E-state index contributed by atoms with van der Waals surface area (Å²) in [6.45, 7) is 2.72. The summed E-state index contributed by atoms with van der Waals surface area (Å²) in [6, 6.07) is 7.45. The average Bonchev–Trinajstić information content (AvgIpc) is 3.21. The zero-order valence-electron chi connectivity index (χ0n) is 13.8. The summed E-state index contributed by atoms with van der Waals surface area (Å²) in [5, 5.41) is 13.4. The van der Waals surface area contributed by atoms with Crippen molar-refractivity contribution in [3.05, 3.63) is 41.5 Å². The number of carbonyl (C=O) groups excluding carboxylic acids is 1. The molecule has 128 valence electrons. The smallest absolute Gasteiger partial charge is 0.231 e. The number of likely N-dealkylation sites (tertiary alicyclic amines) is 1. The molecule has 0 radical (unpaired) electrons. The first-order valence-corrected chi connectivity index (χ1v) is 7.92. The lowest BCUT2D eigenvalue weighted by atomic mass is 9.97. The lowest BCUT2D eigenvalue weighted by Crippen LogP contribution is -2.30. The van der Waals surface area contributed by atoms with E-state index in [0.29, 0.717) is 31.2 Å². The highest BCUT2D eigenvalue weighted by molar-refractivity contribution is 5.79. The summed E-state index contributed by atoms with van der Waals surface area (Å²) >= 11 is 0. The fourth-order valence-corrected chi connectivity index (χ4v) is 3.03. The maximum atomic E-state index is 12.6. The Morgan fingerprint density at radius 3 is 2.71 bits per heavy atom. The highest BCUT2D eigenvalue weighted by Crippen LogP contribution is 2.31. The summed E-state index contributed by atoms with van der Waals surface area (Å²) in [5.41, 5.74) is 0.929. The van der Waals surface area contributed by atoms with E-state index < -0.39 is 0 Å². The van der Waals surface area contributed by atoms with Gasteiger partial charge in [-0.15, -0.1) is 0 Å². The second-order valence-corrected chi connectivity index (χ2v) is 6.05. The number of aromatic nitrogens is 2. The average molecular weight is 331 g/mol. The van der Waals surface area contributed by atoms with Crippen LogP contribution in [-0.2, 0) is 11.2 Å². The van der Waals surface area contributed by atoms with E-state index in [9.17, 15) is 9.90 Å². The molecule has 0 bridgehead atoms. The van der Waals surface area contributed by atoms with Gasteiger partial charge < -0.3 is 19.3 Å². The quantitative estimate of drug-likeness (QED) is 0.884. The van der Waals surface area contributed by atoms with Gasteiger partial charge in [-0.3, -0.25) is 4.79 Å². The van der Waals surface area contributed by atoms with E-state index in [-0.39, 0.29) is 24.3 Å². The van der Waals surface area contributed by atoms with Crippen LogP contribution in [0.3, 0.4) is 0 Å². The number of methoxy groups -OCH3 is 1. The molecular weight excluding hydrogens is 310 g/mol. The highest BCUT2D eigenvalue weighted by atomic mass is 16.5. The Morgan fingerprint density at radius 1 is 1.38 bits per heavy atom. The number of amides is 1. The Morgan fingerprint density at radius 2 is 2.12 bits per heavy atom. The monoisotopic (exact) mass is 331 g/mol. The van der Waals surface area contributed by atoms with Gasteiger partial charge >= 0.3 is 0 Å². The molecule has 2 atom stereocenters. The van der Waals surface area contributed by atoms with E-state index in [1.165, 1.54) is 0 Å². The lowest BCUT2D eigenvalue weighted by molar-refractivity contribution is -0.129. The molecule has 1 saturated heterocycles. The number of hydrogen-bond donors (Lipinski definition) is 1. The zero-order valence-corrected chi connectivity index (χ0v) is 13.8. The molecule has 0 unspecified atom stereocenters. The maximum Gasteiger partial charge on any atom is 0.231 e. The van der Waals surface area contributed by atoms with Gasteiger partial charge in [0.15, 0.2) is 5.82 Å². The van der Waals surface area contributed by atoms with E-state index in [4.69, 9.17) is 9.26 Å². The van der Waals surface area contributed by atoms with E-state index in [2.05, 4.69) is 10.1 Å². The largest absolute Gasteiger partial charge is 0.497 e. The van der Waals surface area contributed by atoms with E-state index in [1.807, 2.05) is 24.3 Å². The van der Waals surface area contributed by atoms with Gasteiger partial charge in [0.05, 0.1) is 19.4 Å². The van der Waals surface area contributed by atoms with Crippen molar-refractivity contribution >= 4 is 5.91 Å². The number of rotatable bonds is 5. The Kier molecular flexibility index (Phi) is 4.80. The van der Waals surface area contributed by atoms with Crippen LogP contribution in [0, 0.1) is 12.8 Å². The molecule has 0 saturated carbocycles. The first kappa shape index (κ1) is 16.4. The van der Waals surface area contributed by atoms with Gasteiger partial charge in [0, 0.05) is 25.6 Å². The lowest BCUT2D eigenvalue weighted by Gasteiger charge is -2.16. The summed E-state index contributed by atoms with van der Waals surface area (Å²) in [4.78, 5) is 18.6. The summed E-state index contributed by atoms with van der Waals surface area (Å²) < 4.78 is 10.3. The fraction of sp³-hybridized carbons (Fsp3) is 0.471. The van der Waals surface area contributed by atoms with Gasteiger partial charge in [-0.1, -0.05) is 17.3 Å². The van der Waals surface area contributed by atoms with Gasteiger partial charge in [-0.2, -0.15) is 4.98 Å². The van der Waals surface area contributed by atoms with Gasteiger partial charge in [0.25, 0.3) is 0 Å². The molecule has 1 aromatic heterocycles. The van der Waals surface area contributed by atoms with Crippen LogP contribution in [0.5, 0.6) is 5.75 Å². The molecule has 1 amide bonds. The van der Waals surface area contributed by atoms with E-state index in [0.717, 1.165) is 11.3 Å². The van der Waals surface area contributed by atoms with Gasteiger partial charge in [0.1, 0.15) is 5.75 Å². The van der Waals surface area contributed by atoms with Gasteiger partial charge in [0.2, 0.25) is 11.8 Å². The van der Waals surface area contributed by atoms with Crippen molar-refractivity contribution < 1.29 is 19.2 Å². The number of aryl methyl sites for hydroxylation is 1. The van der Waals surface area contributed by atoms with Crippen LogP contribution in [0.15, 0.2) is 28.8 Å². The number of hydrogen-bond acceptors (Lipinski definition) is 6. The van der Waals surface area contributed by atoms with Crippen molar-refractivity contribution in [2.45, 2.75) is 19.3 Å². The molecule has 1 aromatic carbocycles. The predicted molar refractivity (Wildman–Crippen MR) is 85.6 cm³/mol.